The van der Waals surface area contributed by atoms with Gasteiger partial charge in [0, 0.05) is 6.04 Å². The van der Waals surface area contributed by atoms with Crippen molar-refractivity contribution in [3.63, 3.8) is 0 Å². The van der Waals surface area contributed by atoms with Crippen LogP contribution in [-0.4, -0.2) is 21.4 Å². The highest BCUT2D eigenvalue weighted by molar-refractivity contribution is 5.41. The molecule has 0 fully saturated rings. The van der Waals surface area contributed by atoms with Gasteiger partial charge < -0.3 is 21.1 Å². The zero-order valence-electron chi connectivity index (χ0n) is 10.5. The highest BCUT2D eigenvalue weighted by Gasteiger charge is 2.24. The van der Waals surface area contributed by atoms with Crippen LogP contribution in [0.15, 0.2) is 18.2 Å². The van der Waals surface area contributed by atoms with Crippen molar-refractivity contribution in [3.8, 4) is 11.5 Å². The molecular formula is C13H21NO3. The van der Waals surface area contributed by atoms with Gasteiger partial charge in [0.25, 0.3) is 0 Å². The third-order valence-electron chi connectivity index (χ3n) is 2.97. The maximum Gasteiger partial charge on any atom is 0.157 e. The van der Waals surface area contributed by atoms with E-state index in [0.29, 0.717) is 12.0 Å². The molecule has 0 aliphatic heterocycles. The van der Waals surface area contributed by atoms with Crippen molar-refractivity contribution in [1.82, 2.24) is 0 Å². The van der Waals surface area contributed by atoms with E-state index in [9.17, 15) is 15.3 Å². The van der Waals surface area contributed by atoms with Gasteiger partial charge in [-0.05, 0) is 29.5 Å². The molecule has 0 aromatic heterocycles. The highest BCUT2D eigenvalue weighted by atomic mass is 16.3. The summed E-state index contributed by atoms with van der Waals surface area (Å²) in [5.74, 6) is -0.424. The van der Waals surface area contributed by atoms with Crippen molar-refractivity contribution in [3.05, 3.63) is 23.8 Å². The SMILES string of the molecule is CC(C)(C)[C@@H](N)C[C@H](O)c1ccc(O)c(O)c1. The van der Waals surface area contributed by atoms with Crippen molar-refractivity contribution in [2.24, 2.45) is 11.1 Å². The summed E-state index contributed by atoms with van der Waals surface area (Å²) in [6, 6.07) is 4.15. The maximum absolute atomic E-state index is 10.00. The Bertz CT molecular complexity index is 385. The Labute approximate surface area is 102 Å². The summed E-state index contributed by atoms with van der Waals surface area (Å²) in [5, 5.41) is 28.5. The predicted molar refractivity (Wildman–Crippen MR) is 66.8 cm³/mol. The smallest absolute Gasteiger partial charge is 0.157 e. The van der Waals surface area contributed by atoms with Gasteiger partial charge in [-0.25, -0.2) is 0 Å². The van der Waals surface area contributed by atoms with E-state index in [1.54, 1.807) is 6.07 Å². The number of hydrogen-bond acceptors (Lipinski definition) is 4. The minimum atomic E-state index is -0.740. The molecule has 0 aliphatic rings. The monoisotopic (exact) mass is 239 g/mol. The van der Waals surface area contributed by atoms with Crippen molar-refractivity contribution in [2.75, 3.05) is 0 Å². The molecule has 0 saturated heterocycles. The van der Waals surface area contributed by atoms with Crippen molar-refractivity contribution >= 4 is 0 Å². The lowest BCUT2D eigenvalue weighted by Crippen LogP contribution is -2.36. The average molecular weight is 239 g/mol. The van der Waals surface area contributed by atoms with Crippen LogP contribution in [0.4, 0.5) is 0 Å². The first-order valence-electron chi connectivity index (χ1n) is 5.67. The van der Waals surface area contributed by atoms with E-state index in [1.165, 1.54) is 12.1 Å². The molecule has 1 rings (SSSR count). The molecule has 0 unspecified atom stereocenters. The van der Waals surface area contributed by atoms with Crippen LogP contribution in [0.5, 0.6) is 11.5 Å². The van der Waals surface area contributed by atoms with E-state index in [0.717, 1.165) is 0 Å². The molecule has 2 atom stereocenters. The van der Waals surface area contributed by atoms with E-state index in [1.807, 2.05) is 20.8 Å². The summed E-state index contributed by atoms with van der Waals surface area (Å²) in [7, 11) is 0. The predicted octanol–water partition coefficient (Wildman–Crippen LogP) is 1.89. The summed E-state index contributed by atoms with van der Waals surface area (Å²) >= 11 is 0. The van der Waals surface area contributed by atoms with E-state index in [2.05, 4.69) is 0 Å². The van der Waals surface area contributed by atoms with Gasteiger partial charge in [-0.2, -0.15) is 0 Å². The van der Waals surface area contributed by atoms with Crippen LogP contribution in [0.1, 0.15) is 38.9 Å². The van der Waals surface area contributed by atoms with Gasteiger partial charge in [-0.3, -0.25) is 0 Å². The second kappa shape index (κ2) is 4.94. The summed E-state index contributed by atoms with van der Waals surface area (Å²) in [4.78, 5) is 0. The molecule has 1 aromatic rings. The first-order valence-corrected chi connectivity index (χ1v) is 5.67. The van der Waals surface area contributed by atoms with Gasteiger partial charge >= 0.3 is 0 Å². The average Bonchev–Trinajstić information content (AvgIpc) is 2.20. The zero-order valence-corrected chi connectivity index (χ0v) is 10.5. The van der Waals surface area contributed by atoms with Crippen LogP contribution in [-0.2, 0) is 0 Å². The number of rotatable bonds is 3. The van der Waals surface area contributed by atoms with Gasteiger partial charge in [0.2, 0.25) is 0 Å². The Morgan fingerprint density at radius 1 is 1.18 bits per heavy atom. The molecule has 17 heavy (non-hydrogen) atoms. The zero-order chi connectivity index (χ0) is 13.2. The molecule has 0 heterocycles. The second-order valence-electron chi connectivity index (χ2n) is 5.47. The lowest BCUT2D eigenvalue weighted by Gasteiger charge is -2.29. The van der Waals surface area contributed by atoms with Crippen LogP contribution in [0.2, 0.25) is 0 Å². The first kappa shape index (κ1) is 13.8. The van der Waals surface area contributed by atoms with E-state index in [4.69, 9.17) is 5.73 Å². The Morgan fingerprint density at radius 2 is 1.76 bits per heavy atom. The molecule has 0 radical (unpaired) electrons. The maximum atomic E-state index is 10.00. The summed E-state index contributed by atoms with van der Waals surface area (Å²) < 4.78 is 0. The Balaban J connectivity index is 2.76. The van der Waals surface area contributed by atoms with Crippen LogP contribution >= 0.6 is 0 Å². The molecule has 0 amide bonds. The van der Waals surface area contributed by atoms with Gasteiger partial charge in [-0.1, -0.05) is 26.8 Å². The highest BCUT2D eigenvalue weighted by Crippen LogP contribution is 2.31. The number of phenolic OH excluding ortho intramolecular Hbond substituents is 2. The fraction of sp³-hybridized carbons (Fsp3) is 0.538. The fourth-order valence-corrected chi connectivity index (χ4v) is 1.48. The van der Waals surface area contributed by atoms with Crippen LogP contribution in [0.3, 0.4) is 0 Å². The van der Waals surface area contributed by atoms with E-state index >= 15 is 0 Å². The lowest BCUT2D eigenvalue weighted by atomic mass is 9.83. The number of hydrogen-bond donors (Lipinski definition) is 4. The molecule has 0 aliphatic carbocycles. The molecule has 0 saturated carbocycles. The third kappa shape index (κ3) is 3.61. The summed E-state index contributed by atoms with van der Waals surface area (Å²) in [5.41, 5.74) is 6.46. The first-order chi connectivity index (χ1) is 7.71. The fourth-order valence-electron chi connectivity index (χ4n) is 1.48. The standard InChI is InChI=1S/C13H21NO3/c1-13(2,3)12(14)7-10(16)8-4-5-9(15)11(17)6-8/h4-6,10,12,15-17H,7,14H2,1-3H3/t10-,12-/m0/s1. The quantitative estimate of drug-likeness (QED) is 0.607. The lowest BCUT2D eigenvalue weighted by molar-refractivity contribution is 0.133. The number of aromatic hydroxyl groups is 2. The molecule has 4 nitrogen and oxygen atoms in total. The molecular weight excluding hydrogens is 218 g/mol. The number of benzene rings is 1. The van der Waals surface area contributed by atoms with Gasteiger partial charge in [0.05, 0.1) is 6.10 Å². The van der Waals surface area contributed by atoms with Crippen LogP contribution < -0.4 is 5.73 Å². The number of aliphatic hydroxyl groups is 1. The number of phenols is 2. The molecule has 0 spiro atoms. The Kier molecular flexibility index (Phi) is 4.01. The summed E-state index contributed by atoms with van der Waals surface area (Å²) in [6.45, 7) is 6.04. The minimum absolute atomic E-state index is 0.0834. The number of nitrogens with two attached hydrogens (primary N) is 1. The summed E-state index contributed by atoms with van der Waals surface area (Å²) in [6.07, 6.45) is -0.330. The Hall–Kier alpha value is -1.26. The molecule has 4 heteroatoms. The van der Waals surface area contributed by atoms with Crippen LogP contribution in [0.25, 0.3) is 0 Å². The van der Waals surface area contributed by atoms with E-state index in [-0.39, 0.29) is 23.0 Å². The van der Waals surface area contributed by atoms with Gasteiger partial charge in [-0.15, -0.1) is 0 Å². The minimum Gasteiger partial charge on any atom is -0.504 e. The largest absolute Gasteiger partial charge is 0.504 e. The molecule has 96 valence electrons. The van der Waals surface area contributed by atoms with Gasteiger partial charge in [0.15, 0.2) is 11.5 Å². The van der Waals surface area contributed by atoms with E-state index < -0.39 is 6.10 Å². The van der Waals surface area contributed by atoms with Gasteiger partial charge in [0.1, 0.15) is 0 Å². The second-order valence-corrected chi connectivity index (χ2v) is 5.47. The third-order valence-corrected chi connectivity index (χ3v) is 2.97. The molecule has 1 aromatic carbocycles. The van der Waals surface area contributed by atoms with Crippen molar-refractivity contribution in [2.45, 2.75) is 39.3 Å². The van der Waals surface area contributed by atoms with Crippen LogP contribution in [0, 0.1) is 5.41 Å². The van der Waals surface area contributed by atoms with Crippen molar-refractivity contribution < 1.29 is 15.3 Å². The molecule has 5 N–H and O–H groups in total. The Morgan fingerprint density at radius 3 is 2.24 bits per heavy atom. The topological polar surface area (TPSA) is 86.7 Å². The number of aliphatic hydroxyl groups excluding tert-OH is 1. The normalized spacial score (nSPS) is 15.6. The molecule has 0 bridgehead atoms. The van der Waals surface area contributed by atoms with Crippen molar-refractivity contribution in [1.29, 1.82) is 0 Å².